The van der Waals surface area contributed by atoms with Crippen LogP contribution >= 0.6 is 0 Å². The second-order valence-electron chi connectivity index (χ2n) is 6.37. The summed E-state index contributed by atoms with van der Waals surface area (Å²) in [5.74, 6) is 1.43. The number of likely N-dealkylation sites (N-methyl/N-ethyl adjacent to an activating group) is 1. The molecule has 1 aromatic heterocycles. The van der Waals surface area contributed by atoms with Crippen molar-refractivity contribution in [2.24, 2.45) is 0 Å². The minimum absolute atomic E-state index is 0.226. The van der Waals surface area contributed by atoms with E-state index in [1.807, 2.05) is 37.3 Å². The Morgan fingerprint density at radius 3 is 2.48 bits per heavy atom. The summed E-state index contributed by atoms with van der Waals surface area (Å²) in [5.41, 5.74) is 1.63. The Hall–Kier alpha value is -2.92. The highest BCUT2D eigenvalue weighted by atomic mass is 32.2. The van der Waals surface area contributed by atoms with Gasteiger partial charge in [0.2, 0.25) is 21.9 Å². The van der Waals surface area contributed by atoms with E-state index in [9.17, 15) is 13.2 Å². The number of hydrogen-bond donors (Lipinski definition) is 3. The summed E-state index contributed by atoms with van der Waals surface area (Å²) in [4.78, 5) is 20.5. The van der Waals surface area contributed by atoms with Gasteiger partial charge in [0.1, 0.15) is 11.6 Å². The molecular formula is C18H26N6O4S. The third-order valence-electron chi connectivity index (χ3n) is 3.88. The lowest BCUT2D eigenvalue weighted by Gasteiger charge is -2.14. The highest BCUT2D eigenvalue weighted by molar-refractivity contribution is 7.88. The molecule has 2 rings (SSSR count). The standard InChI is InChI=1S/C18H26N6O4S/c1-13-11-16(22-14-5-7-15(28-3)8-6-14)23-18(21-13)20-10-9-19-17(25)12-24(2)29(4,26)27/h5-8,11H,9-10,12H2,1-4H3,(H,19,25)(H2,20,21,22,23). The number of aromatic nitrogens is 2. The molecule has 0 aliphatic rings. The molecule has 29 heavy (non-hydrogen) atoms. The molecule has 11 heteroatoms. The summed E-state index contributed by atoms with van der Waals surface area (Å²) >= 11 is 0. The van der Waals surface area contributed by atoms with Gasteiger partial charge in [-0.1, -0.05) is 0 Å². The normalized spacial score (nSPS) is 11.2. The van der Waals surface area contributed by atoms with Crippen molar-refractivity contribution in [3.63, 3.8) is 0 Å². The molecule has 0 spiro atoms. The predicted molar refractivity (Wildman–Crippen MR) is 112 cm³/mol. The molecule has 0 aliphatic heterocycles. The van der Waals surface area contributed by atoms with Crippen LogP contribution in [0.2, 0.25) is 0 Å². The van der Waals surface area contributed by atoms with E-state index in [0.717, 1.165) is 27.7 Å². The number of anilines is 3. The monoisotopic (exact) mass is 422 g/mol. The van der Waals surface area contributed by atoms with Crippen LogP contribution in [0.3, 0.4) is 0 Å². The van der Waals surface area contributed by atoms with Crippen LogP contribution in [-0.2, 0) is 14.8 Å². The van der Waals surface area contributed by atoms with Crippen molar-refractivity contribution in [2.75, 3.05) is 50.7 Å². The Morgan fingerprint density at radius 1 is 1.17 bits per heavy atom. The van der Waals surface area contributed by atoms with Crippen LogP contribution in [0.4, 0.5) is 17.5 Å². The van der Waals surface area contributed by atoms with Crippen molar-refractivity contribution in [2.45, 2.75) is 6.92 Å². The summed E-state index contributed by atoms with van der Waals surface area (Å²) < 4.78 is 28.8. The van der Waals surface area contributed by atoms with Gasteiger partial charge in [-0.15, -0.1) is 0 Å². The van der Waals surface area contributed by atoms with Crippen molar-refractivity contribution in [1.82, 2.24) is 19.6 Å². The molecule has 0 bridgehead atoms. The molecule has 0 atom stereocenters. The fraction of sp³-hybridized carbons (Fsp3) is 0.389. The van der Waals surface area contributed by atoms with Crippen molar-refractivity contribution >= 4 is 33.4 Å². The molecule has 0 aliphatic carbocycles. The third-order valence-corrected chi connectivity index (χ3v) is 5.14. The van der Waals surface area contributed by atoms with Crippen molar-refractivity contribution in [3.8, 4) is 5.75 Å². The number of methoxy groups -OCH3 is 1. The van der Waals surface area contributed by atoms with Gasteiger partial charge in [0.05, 0.1) is 19.9 Å². The van der Waals surface area contributed by atoms with Gasteiger partial charge in [-0.2, -0.15) is 9.29 Å². The van der Waals surface area contributed by atoms with Crippen molar-refractivity contribution in [1.29, 1.82) is 0 Å². The lowest BCUT2D eigenvalue weighted by atomic mass is 10.3. The molecule has 0 unspecified atom stereocenters. The summed E-state index contributed by atoms with van der Waals surface area (Å²) in [7, 11) is -0.424. The van der Waals surface area contributed by atoms with E-state index in [1.54, 1.807) is 7.11 Å². The van der Waals surface area contributed by atoms with Gasteiger partial charge < -0.3 is 20.7 Å². The zero-order valence-electron chi connectivity index (χ0n) is 16.9. The van der Waals surface area contributed by atoms with Crippen LogP contribution in [0, 0.1) is 6.92 Å². The van der Waals surface area contributed by atoms with Gasteiger partial charge in [-0.3, -0.25) is 4.79 Å². The SMILES string of the molecule is COc1ccc(Nc2cc(C)nc(NCCNC(=O)CN(C)S(C)(=O)=O)n2)cc1. The van der Waals surface area contributed by atoms with Gasteiger partial charge in [0, 0.05) is 37.6 Å². The van der Waals surface area contributed by atoms with Crippen LogP contribution in [0.25, 0.3) is 0 Å². The van der Waals surface area contributed by atoms with E-state index < -0.39 is 10.0 Å². The number of nitrogens with one attached hydrogen (secondary N) is 3. The molecule has 0 saturated heterocycles. The minimum atomic E-state index is -3.39. The lowest BCUT2D eigenvalue weighted by Crippen LogP contribution is -2.39. The van der Waals surface area contributed by atoms with Gasteiger partial charge in [-0.25, -0.2) is 13.4 Å². The predicted octanol–water partition coefficient (Wildman–Crippen LogP) is 0.957. The number of aryl methyl sites for hydroxylation is 1. The fourth-order valence-electron chi connectivity index (χ4n) is 2.29. The first-order valence-electron chi connectivity index (χ1n) is 8.86. The highest BCUT2D eigenvalue weighted by Crippen LogP contribution is 2.19. The summed E-state index contributed by atoms with van der Waals surface area (Å²) in [6, 6.07) is 9.27. The Balaban J connectivity index is 1.85. The van der Waals surface area contributed by atoms with Crippen LogP contribution in [-0.4, -0.2) is 68.6 Å². The van der Waals surface area contributed by atoms with Crippen LogP contribution < -0.4 is 20.7 Å². The van der Waals surface area contributed by atoms with Gasteiger partial charge in [-0.05, 0) is 31.2 Å². The number of rotatable bonds is 10. The number of amides is 1. The van der Waals surface area contributed by atoms with E-state index in [1.165, 1.54) is 7.05 Å². The number of sulfonamides is 1. The number of carbonyl (C=O) groups is 1. The topological polar surface area (TPSA) is 126 Å². The quantitative estimate of drug-likeness (QED) is 0.484. The number of carbonyl (C=O) groups excluding carboxylic acids is 1. The second kappa shape index (κ2) is 10.0. The average molecular weight is 423 g/mol. The first-order chi connectivity index (χ1) is 13.7. The molecule has 1 heterocycles. The zero-order chi connectivity index (χ0) is 21.4. The second-order valence-corrected chi connectivity index (χ2v) is 8.46. The van der Waals surface area contributed by atoms with Gasteiger partial charge in [0.25, 0.3) is 0 Å². The Labute approximate surface area is 170 Å². The molecule has 0 saturated carbocycles. The molecule has 1 amide bonds. The van der Waals surface area contributed by atoms with Crippen molar-refractivity contribution in [3.05, 3.63) is 36.0 Å². The minimum Gasteiger partial charge on any atom is -0.497 e. The first kappa shape index (κ1) is 22.4. The Kier molecular flexibility index (Phi) is 7.74. The molecule has 10 nitrogen and oxygen atoms in total. The van der Waals surface area contributed by atoms with E-state index >= 15 is 0 Å². The van der Waals surface area contributed by atoms with E-state index in [0.29, 0.717) is 24.9 Å². The summed E-state index contributed by atoms with van der Waals surface area (Å²) in [5, 5.41) is 8.89. The fourth-order valence-corrected chi connectivity index (χ4v) is 2.64. The smallest absolute Gasteiger partial charge is 0.235 e. The number of benzene rings is 1. The molecule has 0 fully saturated rings. The molecule has 1 aromatic carbocycles. The Morgan fingerprint density at radius 2 is 1.86 bits per heavy atom. The molecular weight excluding hydrogens is 396 g/mol. The largest absolute Gasteiger partial charge is 0.497 e. The zero-order valence-corrected chi connectivity index (χ0v) is 17.7. The van der Waals surface area contributed by atoms with E-state index in [-0.39, 0.29) is 12.5 Å². The average Bonchev–Trinajstić information content (AvgIpc) is 2.64. The molecule has 3 N–H and O–H groups in total. The maximum atomic E-state index is 11.8. The number of nitrogens with zero attached hydrogens (tertiary/aromatic N) is 3. The number of ether oxygens (including phenoxy) is 1. The van der Waals surface area contributed by atoms with E-state index in [2.05, 4.69) is 25.9 Å². The molecule has 0 radical (unpaired) electrons. The summed E-state index contributed by atoms with van der Waals surface area (Å²) in [6.07, 6.45) is 1.05. The van der Waals surface area contributed by atoms with Crippen LogP contribution in [0.5, 0.6) is 5.75 Å². The molecule has 158 valence electrons. The molecule has 2 aromatic rings. The maximum absolute atomic E-state index is 11.8. The van der Waals surface area contributed by atoms with Crippen molar-refractivity contribution < 1.29 is 17.9 Å². The van der Waals surface area contributed by atoms with Crippen LogP contribution in [0.15, 0.2) is 30.3 Å². The number of hydrogen-bond acceptors (Lipinski definition) is 8. The van der Waals surface area contributed by atoms with Gasteiger partial charge in [0.15, 0.2) is 0 Å². The van der Waals surface area contributed by atoms with Crippen LogP contribution in [0.1, 0.15) is 5.69 Å². The summed E-state index contributed by atoms with van der Waals surface area (Å²) in [6.45, 7) is 2.32. The maximum Gasteiger partial charge on any atom is 0.235 e. The highest BCUT2D eigenvalue weighted by Gasteiger charge is 2.14. The lowest BCUT2D eigenvalue weighted by molar-refractivity contribution is -0.121. The first-order valence-corrected chi connectivity index (χ1v) is 10.7. The van der Waals surface area contributed by atoms with E-state index in [4.69, 9.17) is 4.74 Å². The third kappa shape index (κ3) is 7.54. The van der Waals surface area contributed by atoms with Gasteiger partial charge >= 0.3 is 0 Å². The Bertz CT molecular complexity index is 934.